The number of hydrogen-bond donors (Lipinski definition) is 2. The summed E-state index contributed by atoms with van der Waals surface area (Å²) in [7, 11) is 0. The van der Waals surface area contributed by atoms with Crippen LogP contribution < -0.4 is 10.1 Å². The van der Waals surface area contributed by atoms with Crippen molar-refractivity contribution < 1.29 is 32.5 Å². The summed E-state index contributed by atoms with van der Waals surface area (Å²) >= 11 is 0. The number of halogens is 3. The molecule has 0 spiro atoms. The van der Waals surface area contributed by atoms with Crippen LogP contribution in [0.4, 0.5) is 18.0 Å². The lowest BCUT2D eigenvalue weighted by Crippen LogP contribution is -2.40. The predicted octanol–water partition coefficient (Wildman–Crippen LogP) is 3.30. The maximum Gasteiger partial charge on any atom is 0.407 e. The first-order chi connectivity index (χ1) is 11.5. The Morgan fingerprint density at radius 3 is 2.44 bits per heavy atom. The summed E-state index contributed by atoms with van der Waals surface area (Å²) < 4.78 is 50.1. The molecule has 1 amide bonds. The molecule has 2 N–H and O–H groups in total. The van der Waals surface area contributed by atoms with Crippen LogP contribution in [0.5, 0.6) is 5.75 Å². The Morgan fingerprint density at radius 2 is 1.88 bits per heavy atom. The molecule has 0 saturated carbocycles. The van der Waals surface area contributed by atoms with Crippen LogP contribution >= 0.6 is 0 Å². The molecule has 0 aliphatic heterocycles. The Hall–Kier alpha value is -1.96. The maximum atomic E-state index is 13.3. The van der Waals surface area contributed by atoms with Crippen molar-refractivity contribution in [3.63, 3.8) is 0 Å². The summed E-state index contributed by atoms with van der Waals surface area (Å²) in [5.74, 6) is -1.51. The fraction of sp³-hybridized carbons (Fsp3) is 0.588. The number of nitrogens with one attached hydrogen (secondary N) is 1. The third-order valence-electron chi connectivity index (χ3n) is 3.14. The topological polar surface area (TPSA) is 67.8 Å². The summed E-state index contributed by atoms with van der Waals surface area (Å²) in [5, 5.41) is 11.0. The van der Waals surface area contributed by atoms with E-state index in [4.69, 9.17) is 14.6 Å². The zero-order valence-electron chi connectivity index (χ0n) is 14.5. The van der Waals surface area contributed by atoms with Gasteiger partial charge < -0.3 is 19.9 Å². The van der Waals surface area contributed by atoms with Crippen LogP contribution in [0.25, 0.3) is 0 Å². The van der Waals surface area contributed by atoms with E-state index in [1.165, 1.54) is 6.07 Å². The highest BCUT2D eigenvalue weighted by atomic mass is 19.4. The molecule has 1 aromatic rings. The number of ether oxygens (including phenoxy) is 2. The van der Waals surface area contributed by atoms with Gasteiger partial charge in [-0.05, 0) is 38.8 Å². The largest absolute Gasteiger partial charge is 0.491 e. The SMILES string of the molecule is CC(C)(C)OC(=O)NCC(Cc1ccccc1OCCO)C(F)(F)F. The minimum atomic E-state index is -4.50. The summed E-state index contributed by atoms with van der Waals surface area (Å²) in [4.78, 5) is 11.6. The van der Waals surface area contributed by atoms with Gasteiger partial charge in [-0.1, -0.05) is 18.2 Å². The Morgan fingerprint density at radius 1 is 1.24 bits per heavy atom. The van der Waals surface area contributed by atoms with Crippen molar-refractivity contribution in [2.45, 2.75) is 39.0 Å². The van der Waals surface area contributed by atoms with E-state index in [2.05, 4.69) is 5.32 Å². The molecule has 1 unspecified atom stereocenters. The average Bonchev–Trinajstić information content (AvgIpc) is 2.47. The zero-order chi connectivity index (χ0) is 19.1. The number of aliphatic hydroxyl groups is 1. The van der Waals surface area contributed by atoms with Gasteiger partial charge in [0.15, 0.2) is 0 Å². The molecule has 142 valence electrons. The summed E-state index contributed by atoms with van der Waals surface area (Å²) in [6, 6.07) is 6.31. The fourth-order valence-electron chi connectivity index (χ4n) is 2.06. The van der Waals surface area contributed by atoms with Gasteiger partial charge in [0.2, 0.25) is 0 Å². The van der Waals surface area contributed by atoms with Gasteiger partial charge in [0, 0.05) is 6.54 Å². The molecule has 0 aromatic heterocycles. The van der Waals surface area contributed by atoms with Gasteiger partial charge in [-0.25, -0.2) is 4.79 Å². The summed E-state index contributed by atoms with van der Waals surface area (Å²) in [6.45, 7) is 4.03. The van der Waals surface area contributed by atoms with Gasteiger partial charge >= 0.3 is 12.3 Å². The Kier molecular flexibility index (Phi) is 7.54. The quantitative estimate of drug-likeness (QED) is 0.780. The molecule has 8 heteroatoms. The Bertz CT molecular complexity index is 556. The summed E-state index contributed by atoms with van der Waals surface area (Å²) in [6.07, 6.45) is -5.76. The van der Waals surface area contributed by atoms with Gasteiger partial charge in [0.25, 0.3) is 0 Å². The van der Waals surface area contributed by atoms with Gasteiger partial charge in [0.1, 0.15) is 18.0 Å². The van der Waals surface area contributed by atoms with Crippen molar-refractivity contribution in [1.29, 1.82) is 0 Å². The lowest BCUT2D eigenvalue weighted by Gasteiger charge is -2.24. The molecule has 1 atom stereocenters. The highest BCUT2D eigenvalue weighted by molar-refractivity contribution is 5.67. The van der Waals surface area contributed by atoms with Gasteiger partial charge in [-0.15, -0.1) is 0 Å². The van der Waals surface area contributed by atoms with Crippen LogP contribution in [0.15, 0.2) is 24.3 Å². The lowest BCUT2D eigenvalue weighted by molar-refractivity contribution is -0.172. The minimum absolute atomic E-state index is 0.0101. The molecule has 0 bridgehead atoms. The van der Waals surface area contributed by atoms with E-state index < -0.39 is 30.3 Å². The molecule has 0 radical (unpaired) electrons. The highest BCUT2D eigenvalue weighted by Crippen LogP contribution is 2.31. The lowest BCUT2D eigenvalue weighted by atomic mass is 9.98. The number of benzene rings is 1. The van der Waals surface area contributed by atoms with Crippen molar-refractivity contribution in [2.24, 2.45) is 5.92 Å². The smallest absolute Gasteiger partial charge is 0.407 e. The van der Waals surface area contributed by atoms with E-state index in [-0.39, 0.29) is 25.4 Å². The number of hydrogen-bond acceptors (Lipinski definition) is 4. The average molecular weight is 363 g/mol. The molecule has 0 saturated heterocycles. The number of aliphatic hydroxyl groups excluding tert-OH is 1. The second kappa shape index (κ2) is 8.94. The minimum Gasteiger partial charge on any atom is -0.491 e. The first-order valence-corrected chi connectivity index (χ1v) is 7.88. The number of amides is 1. The highest BCUT2D eigenvalue weighted by Gasteiger charge is 2.40. The van der Waals surface area contributed by atoms with Crippen LogP contribution in [0, 0.1) is 5.92 Å². The number of carbonyl (C=O) groups excluding carboxylic acids is 1. The van der Waals surface area contributed by atoms with Crippen LogP contribution in [0.2, 0.25) is 0 Å². The van der Waals surface area contributed by atoms with E-state index in [1.807, 2.05) is 0 Å². The first kappa shape index (κ1) is 21.1. The maximum absolute atomic E-state index is 13.3. The molecule has 5 nitrogen and oxygen atoms in total. The van der Waals surface area contributed by atoms with Crippen LogP contribution in [0.1, 0.15) is 26.3 Å². The Labute approximate surface area is 145 Å². The van der Waals surface area contributed by atoms with Gasteiger partial charge in [0.05, 0.1) is 12.5 Å². The number of alkyl halides is 3. The van der Waals surface area contributed by atoms with Crippen LogP contribution in [0.3, 0.4) is 0 Å². The molecule has 25 heavy (non-hydrogen) atoms. The number of para-hydroxylation sites is 1. The third kappa shape index (κ3) is 8.11. The van der Waals surface area contributed by atoms with Crippen molar-refractivity contribution >= 4 is 6.09 Å². The van der Waals surface area contributed by atoms with Gasteiger partial charge in [-0.2, -0.15) is 13.2 Å². The number of carbonyl (C=O) groups is 1. The van der Waals surface area contributed by atoms with E-state index in [1.54, 1.807) is 39.0 Å². The first-order valence-electron chi connectivity index (χ1n) is 7.88. The third-order valence-corrected chi connectivity index (χ3v) is 3.14. The summed E-state index contributed by atoms with van der Waals surface area (Å²) in [5.41, 5.74) is -0.438. The van der Waals surface area contributed by atoms with Crippen molar-refractivity contribution in [2.75, 3.05) is 19.8 Å². The standard InChI is InChI=1S/C17H24F3NO4/c1-16(2,3)25-15(23)21-11-13(17(18,19)20)10-12-6-4-5-7-14(12)24-9-8-22/h4-7,13,22H,8-11H2,1-3H3,(H,21,23). The van der Waals surface area contributed by atoms with Crippen molar-refractivity contribution in [1.82, 2.24) is 5.32 Å². The molecule has 0 heterocycles. The van der Waals surface area contributed by atoms with E-state index >= 15 is 0 Å². The Balaban J connectivity index is 2.80. The second-order valence-electron chi connectivity index (χ2n) is 6.51. The molecule has 1 aromatic carbocycles. The number of rotatable bonds is 7. The van der Waals surface area contributed by atoms with Crippen molar-refractivity contribution in [3.8, 4) is 5.75 Å². The van der Waals surface area contributed by atoms with E-state index in [0.29, 0.717) is 5.56 Å². The normalized spacial score (nSPS) is 13.2. The van der Waals surface area contributed by atoms with Crippen molar-refractivity contribution in [3.05, 3.63) is 29.8 Å². The molecular weight excluding hydrogens is 339 g/mol. The van der Waals surface area contributed by atoms with Gasteiger partial charge in [-0.3, -0.25) is 0 Å². The molecule has 0 aliphatic carbocycles. The molecular formula is C17H24F3NO4. The van der Waals surface area contributed by atoms with E-state index in [9.17, 15) is 18.0 Å². The zero-order valence-corrected chi connectivity index (χ0v) is 14.5. The monoisotopic (exact) mass is 363 g/mol. The predicted molar refractivity (Wildman–Crippen MR) is 86.5 cm³/mol. The second-order valence-corrected chi connectivity index (χ2v) is 6.51. The number of alkyl carbamates (subject to hydrolysis) is 1. The molecule has 0 aliphatic rings. The van der Waals surface area contributed by atoms with E-state index in [0.717, 1.165) is 0 Å². The fourth-order valence-corrected chi connectivity index (χ4v) is 2.06. The van der Waals surface area contributed by atoms with Crippen LogP contribution in [-0.2, 0) is 11.2 Å². The molecule has 1 rings (SSSR count). The molecule has 0 fully saturated rings. The van der Waals surface area contributed by atoms with Crippen LogP contribution in [-0.4, -0.2) is 42.7 Å².